The first-order chi connectivity index (χ1) is 17.0. The molecule has 0 spiro atoms. The Hall–Kier alpha value is -4.33. The summed E-state index contributed by atoms with van der Waals surface area (Å²) in [5, 5.41) is 3.96. The molecular formula is C27H28N2O6. The highest BCUT2D eigenvalue weighted by molar-refractivity contribution is 5.92. The Kier molecular flexibility index (Phi) is 9.24. The molecule has 0 saturated heterocycles. The fourth-order valence-electron chi connectivity index (χ4n) is 3.04. The number of hydrogen-bond acceptors (Lipinski definition) is 7. The van der Waals surface area contributed by atoms with Crippen molar-refractivity contribution in [2.75, 3.05) is 19.8 Å². The Bertz CT molecular complexity index is 1170. The van der Waals surface area contributed by atoms with Crippen LogP contribution in [-0.4, -0.2) is 37.9 Å². The first kappa shape index (κ1) is 25.3. The maximum Gasteiger partial charge on any atom is 0.343 e. The normalized spacial score (nSPS) is 10.6. The van der Waals surface area contributed by atoms with Crippen molar-refractivity contribution in [1.29, 1.82) is 0 Å². The van der Waals surface area contributed by atoms with Crippen molar-refractivity contribution in [3.8, 4) is 23.0 Å². The van der Waals surface area contributed by atoms with Gasteiger partial charge in [0, 0.05) is 0 Å². The monoisotopic (exact) mass is 476 g/mol. The highest BCUT2D eigenvalue weighted by atomic mass is 16.6. The summed E-state index contributed by atoms with van der Waals surface area (Å²) in [6, 6.07) is 19.1. The molecule has 1 amide bonds. The third kappa shape index (κ3) is 7.60. The lowest BCUT2D eigenvalue weighted by Crippen LogP contribution is -2.24. The molecule has 8 nitrogen and oxygen atoms in total. The van der Waals surface area contributed by atoms with Crippen LogP contribution in [0.25, 0.3) is 0 Å². The lowest BCUT2D eigenvalue weighted by atomic mass is 10.2. The molecule has 0 unspecified atom stereocenters. The van der Waals surface area contributed by atoms with Gasteiger partial charge in [-0.3, -0.25) is 4.79 Å². The topological polar surface area (TPSA) is 95.5 Å². The Morgan fingerprint density at radius 1 is 0.857 bits per heavy atom. The molecule has 0 fully saturated rings. The average molecular weight is 477 g/mol. The van der Waals surface area contributed by atoms with Gasteiger partial charge in [0.05, 0.1) is 25.0 Å². The highest BCUT2D eigenvalue weighted by Gasteiger charge is 2.13. The maximum atomic E-state index is 12.6. The molecule has 0 radical (unpaired) electrons. The molecule has 0 saturated carbocycles. The van der Waals surface area contributed by atoms with E-state index in [0.29, 0.717) is 41.6 Å². The van der Waals surface area contributed by atoms with Crippen LogP contribution in [0.4, 0.5) is 0 Å². The minimum absolute atomic E-state index is 0.160. The molecule has 35 heavy (non-hydrogen) atoms. The van der Waals surface area contributed by atoms with Crippen molar-refractivity contribution >= 4 is 18.1 Å². The summed E-state index contributed by atoms with van der Waals surface area (Å²) in [5.41, 5.74) is 4.40. The zero-order valence-electron chi connectivity index (χ0n) is 19.9. The molecule has 0 bridgehead atoms. The molecule has 0 heterocycles. The van der Waals surface area contributed by atoms with Crippen LogP contribution in [0.15, 0.2) is 71.8 Å². The van der Waals surface area contributed by atoms with Crippen LogP contribution in [0.5, 0.6) is 23.0 Å². The zero-order chi connectivity index (χ0) is 25.0. The number of hydrazone groups is 1. The number of benzene rings is 3. The van der Waals surface area contributed by atoms with Gasteiger partial charge in [-0.1, -0.05) is 18.2 Å². The summed E-state index contributed by atoms with van der Waals surface area (Å²) >= 11 is 0. The molecule has 8 heteroatoms. The summed E-state index contributed by atoms with van der Waals surface area (Å²) in [5.74, 6) is 1.06. The molecule has 1 N–H and O–H groups in total. The van der Waals surface area contributed by atoms with Crippen LogP contribution < -0.4 is 24.4 Å². The summed E-state index contributed by atoms with van der Waals surface area (Å²) in [6.45, 7) is 6.38. The molecule has 0 aromatic heterocycles. The second kappa shape index (κ2) is 12.8. The van der Waals surface area contributed by atoms with Crippen molar-refractivity contribution in [3.05, 3.63) is 83.4 Å². The molecule has 0 aliphatic carbocycles. The van der Waals surface area contributed by atoms with Crippen LogP contribution in [0.2, 0.25) is 0 Å². The van der Waals surface area contributed by atoms with Crippen molar-refractivity contribution in [2.45, 2.75) is 20.8 Å². The number of amides is 1. The number of carbonyl (C=O) groups excluding carboxylic acids is 2. The first-order valence-corrected chi connectivity index (χ1v) is 11.2. The fourth-order valence-corrected chi connectivity index (χ4v) is 3.04. The van der Waals surface area contributed by atoms with Gasteiger partial charge in [-0.15, -0.1) is 0 Å². The molecule has 3 aromatic carbocycles. The second-order valence-corrected chi connectivity index (χ2v) is 7.33. The minimum Gasteiger partial charge on any atom is -0.494 e. The van der Waals surface area contributed by atoms with E-state index < -0.39 is 11.9 Å². The van der Waals surface area contributed by atoms with Gasteiger partial charge in [0.15, 0.2) is 18.1 Å². The van der Waals surface area contributed by atoms with Gasteiger partial charge >= 0.3 is 5.97 Å². The number of nitrogens with zero attached hydrogens (tertiary/aromatic N) is 1. The van der Waals surface area contributed by atoms with Crippen molar-refractivity contribution in [3.63, 3.8) is 0 Å². The third-order valence-corrected chi connectivity index (χ3v) is 4.73. The van der Waals surface area contributed by atoms with Gasteiger partial charge in [-0.05, 0) is 80.4 Å². The van der Waals surface area contributed by atoms with Gasteiger partial charge in [-0.25, -0.2) is 10.2 Å². The van der Waals surface area contributed by atoms with Crippen LogP contribution in [0.1, 0.15) is 35.3 Å². The summed E-state index contributed by atoms with van der Waals surface area (Å²) in [6.07, 6.45) is 1.46. The maximum absolute atomic E-state index is 12.6. The largest absolute Gasteiger partial charge is 0.494 e. The second-order valence-electron chi connectivity index (χ2n) is 7.33. The van der Waals surface area contributed by atoms with Crippen LogP contribution in [0.3, 0.4) is 0 Å². The van der Waals surface area contributed by atoms with Crippen LogP contribution >= 0.6 is 0 Å². The van der Waals surface area contributed by atoms with E-state index >= 15 is 0 Å². The predicted octanol–water partition coefficient (Wildman–Crippen LogP) is 4.54. The number of ether oxygens (including phenoxy) is 4. The van der Waals surface area contributed by atoms with Gasteiger partial charge in [-0.2, -0.15) is 5.10 Å². The van der Waals surface area contributed by atoms with Crippen molar-refractivity contribution in [2.24, 2.45) is 5.10 Å². The Balaban J connectivity index is 1.59. The van der Waals surface area contributed by atoms with E-state index in [9.17, 15) is 9.59 Å². The van der Waals surface area contributed by atoms with Gasteiger partial charge in [0.2, 0.25) is 0 Å². The number of esters is 1. The Labute approximate surface area is 204 Å². The van der Waals surface area contributed by atoms with E-state index in [0.717, 1.165) is 5.56 Å². The Morgan fingerprint density at radius 2 is 1.60 bits per heavy atom. The SMILES string of the molecule is CCOc1ccc(C(=O)Oc2ccc(C=NNC(=O)COc3ccccc3C)cc2OCC)cc1. The van der Waals surface area contributed by atoms with E-state index in [1.807, 2.05) is 39.0 Å². The van der Waals surface area contributed by atoms with E-state index in [4.69, 9.17) is 18.9 Å². The average Bonchev–Trinajstić information content (AvgIpc) is 2.86. The number of carbonyl (C=O) groups is 2. The number of hydrogen-bond donors (Lipinski definition) is 1. The highest BCUT2D eigenvalue weighted by Crippen LogP contribution is 2.29. The van der Waals surface area contributed by atoms with Crippen LogP contribution in [-0.2, 0) is 4.79 Å². The standard InChI is InChI=1S/C27H28N2O6/c1-4-32-22-13-11-21(12-14-22)27(31)35-24-15-10-20(16-25(24)33-5-2)17-28-29-26(30)18-34-23-9-7-6-8-19(23)3/h6-17H,4-5,18H2,1-3H3,(H,29,30). The molecular weight excluding hydrogens is 448 g/mol. The van der Waals surface area contributed by atoms with Gasteiger partial charge < -0.3 is 18.9 Å². The summed E-state index contributed by atoms with van der Waals surface area (Å²) < 4.78 is 22.0. The lowest BCUT2D eigenvalue weighted by molar-refractivity contribution is -0.123. The van der Waals surface area contributed by atoms with Crippen molar-refractivity contribution in [1.82, 2.24) is 5.43 Å². The number of rotatable bonds is 11. The first-order valence-electron chi connectivity index (χ1n) is 11.2. The number of para-hydroxylation sites is 1. The number of nitrogens with one attached hydrogen (secondary N) is 1. The van der Waals surface area contributed by atoms with E-state index in [2.05, 4.69) is 10.5 Å². The smallest absolute Gasteiger partial charge is 0.343 e. The Morgan fingerprint density at radius 3 is 2.31 bits per heavy atom. The zero-order valence-corrected chi connectivity index (χ0v) is 19.9. The molecule has 0 aliphatic heterocycles. The van der Waals surface area contributed by atoms with E-state index in [1.165, 1.54) is 6.21 Å². The predicted molar refractivity (Wildman–Crippen MR) is 133 cm³/mol. The number of aryl methyl sites for hydroxylation is 1. The van der Waals surface area contributed by atoms with E-state index in [1.54, 1.807) is 48.5 Å². The molecule has 182 valence electrons. The molecule has 0 atom stereocenters. The lowest BCUT2D eigenvalue weighted by Gasteiger charge is -2.11. The molecule has 3 aromatic rings. The van der Waals surface area contributed by atoms with Gasteiger partial charge in [0.25, 0.3) is 5.91 Å². The summed E-state index contributed by atoms with van der Waals surface area (Å²) in [4.78, 5) is 24.6. The quantitative estimate of drug-likeness (QED) is 0.189. The van der Waals surface area contributed by atoms with E-state index in [-0.39, 0.29) is 12.4 Å². The van der Waals surface area contributed by atoms with Gasteiger partial charge in [0.1, 0.15) is 11.5 Å². The van der Waals surface area contributed by atoms with Crippen LogP contribution in [0, 0.1) is 6.92 Å². The fraction of sp³-hybridized carbons (Fsp3) is 0.222. The molecule has 3 rings (SSSR count). The molecule has 0 aliphatic rings. The third-order valence-electron chi connectivity index (χ3n) is 4.73. The minimum atomic E-state index is -0.517. The van der Waals surface area contributed by atoms with Crippen molar-refractivity contribution < 1.29 is 28.5 Å². The summed E-state index contributed by atoms with van der Waals surface area (Å²) in [7, 11) is 0.